The molecule has 124 valence electrons. The van der Waals surface area contributed by atoms with Crippen LogP contribution in [0.1, 0.15) is 53.4 Å². The van der Waals surface area contributed by atoms with Gasteiger partial charge in [-0.05, 0) is 58.4 Å². The Kier molecular flexibility index (Phi) is 8.97. The molecular weight excluding hydrogens is 278 g/mol. The normalized spacial score (nSPS) is 20.7. The average molecular weight is 309 g/mol. The van der Waals surface area contributed by atoms with Gasteiger partial charge in [0.2, 0.25) is 0 Å². The summed E-state index contributed by atoms with van der Waals surface area (Å²) in [4.78, 5) is 0. The molecule has 0 saturated heterocycles. The van der Waals surface area contributed by atoms with Crippen LogP contribution in [0, 0.1) is 11.3 Å². The first kappa shape index (κ1) is 19.2. The lowest BCUT2D eigenvalue weighted by molar-refractivity contribution is 0.596. The zero-order chi connectivity index (χ0) is 17.1. The second-order valence-corrected chi connectivity index (χ2v) is 6.09. The van der Waals surface area contributed by atoms with Gasteiger partial charge in [-0.3, -0.25) is 0 Å². The monoisotopic (exact) mass is 309 g/mol. The van der Waals surface area contributed by atoms with E-state index in [2.05, 4.69) is 37.3 Å². The van der Waals surface area contributed by atoms with E-state index in [1.54, 1.807) is 0 Å². The molecule has 1 N–H and O–H groups in total. The maximum atomic E-state index is 8.43. The van der Waals surface area contributed by atoms with Crippen LogP contribution in [0.2, 0.25) is 0 Å². The first-order valence-corrected chi connectivity index (χ1v) is 8.63. The first-order chi connectivity index (χ1) is 11.1. The Hall–Kier alpha value is -1.89. The largest absolute Gasteiger partial charge is 0.305 e. The molecule has 1 aliphatic carbocycles. The molecule has 1 heteroatoms. The van der Waals surface area contributed by atoms with E-state index in [4.69, 9.17) is 5.41 Å². The summed E-state index contributed by atoms with van der Waals surface area (Å²) in [6.45, 7) is 8.23. The Morgan fingerprint density at radius 2 is 1.87 bits per heavy atom. The summed E-state index contributed by atoms with van der Waals surface area (Å²) < 4.78 is 0. The van der Waals surface area contributed by atoms with E-state index in [1.807, 2.05) is 45.1 Å². The molecule has 23 heavy (non-hydrogen) atoms. The van der Waals surface area contributed by atoms with Crippen molar-refractivity contribution in [2.24, 2.45) is 5.92 Å². The maximum Gasteiger partial charge on any atom is 0.0383 e. The van der Waals surface area contributed by atoms with E-state index in [1.165, 1.54) is 30.4 Å². The lowest BCUT2D eigenvalue weighted by Gasteiger charge is -2.22. The van der Waals surface area contributed by atoms with Crippen molar-refractivity contribution in [2.75, 3.05) is 0 Å². The van der Waals surface area contributed by atoms with E-state index in [0.29, 0.717) is 5.92 Å². The van der Waals surface area contributed by atoms with E-state index >= 15 is 0 Å². The van der Waals surface area contributed by atoms with Crippen LogP contribution in [0.25, 0.3) is 0 Å². The lowest BCUT2D eigenvalue weighted by atomic mass is 9.83. The zero-order valence-electron chi connectivity index (χ0n) is 15.1. The van der Waals surface area contributed by atoms with Crippen molar-refractivity contribution in [1.82, 2.24) is 0 Å². The Balaban J connectivity index is 3.04. The lowest BCUT2D eigenvalue weighted by Crippen LogP contribution is -2.11. The van der Waals surface area contributed by atoms with Gasteiger partial charge in [0, 0.05) is 12.1 Å². The van der Waals surface area contributed by atoms with Gasteiger partial charge in [0.1, 0.15) is 0 Å². The standard InChI is InChI=1S/C22H31N/c1-5-7-10-14-18(3)21(20-15-11-9-12-16-20)17-22(23)19(4)13-8-6-2/h5-8,10-11,13-15,20,23H,9,12,16-17H2,1-4H3/b7-5-,8-6-,14-10-,19-13+,21-18-,23-22?. The number of nitrogens with one attached hydrogen (secondary N) is 1. The van der Waals surface area contributed by atoms with Gasteiger partial charge < -0.3 is 5.41 Å². The van der Waals surface area contributed by atoms with Gasteiger partial charge >= 0.3 is 0 Å². The number of rotatable bonds is 7. The highest BCUT2D eigenvalue weighted by Crippen LogP contribution is 2.30. The second kappa shape index (κ2) is 10.8. The highest BCUT2D eigenvalue weighted by molar-refractivity contribution is 5.99. The van der Waals surface area contributed by atoms with Gasteiger partial charge in [-0.15, -0.1) is 0 Å². The average Bonchev–Trinajstić information content (AvgIpc) is 2.58. The Labute approximate surface area is 142 Å². The summed E-state index contributed by atoms with van der Waals surface area (Å²) >= 11 is 0. The number of hydrogen-bond donors (Lipinski definition) is 1. The van der Waals surface area contributed by atoms with Crippen molar-refractivity contribution in [3.63, 3.8) is 0 Å². The maximum absolute atomic E-state index is 8.43. The fourth-order valence-corrected chi connectivity index (χ4v) is 2.75. The smallest absolute Gasteiger partial charge is 0.0383 e. The summed E-state index contributed by atoms with van der Waals surface area (Å²) in [5.74, 6) is 0.480. The summed E-state index contributed by atoms with van der Waals surface area (Å²) in [6.07, 6.45) is 23.4. The molecular formula is C22H31N. The molecule has 0 spiro atoms. The molecule has 0 amide bonds. The van der Waals surface area contributed by atoms with E-state index in [0.717, 1.165) is 17.7 Å². The van der Waals surface area contributed by atoms with Crippen molar-refractivity contribution >= 4 is 5.71 Å². The molecule has 0 aromatic carbocycles. The summed E-state index contributed by atoms with van der Waals surface area (Å²) in [5, 5.41) is 8.43. The van der Waals surface area contributed by atoms with Crippen LogP contribution in [0.5, 0.6) is 0 Å². The molecule has 0 saturated carbocycles. The van der Waals surface area contributed by atoms with Crippen molar-refractivity contribution < 1.29 is 0 Å². The van der Waals surface area contributed by atoms with Gasteiger partial charge in [-0.2, -0.15) is 0 Å². The second-order valence-electron chi connectivity index (χ2n) is 6.09. The number of hydrogen-bond acceptors (Lipinski definition) is 1. The minimum absolute atomic E-state index is 0.480. The first-order valence-electron chi connectivity index (χ1n) is 8.63. The Morgan fingerprint density at radius 3 is 2.48 bits per heavy atom. The molecule has 1 atom stereocenters. The van der Waals surface area contributed by atoms with Crippen LogP contribution in [-0.2, 0) is 0 Å². The van der Waals surface area contributed by atoms with Crippen LogP contribution >= 0.6 is 0 Å². The minimum Gasteiger partial charge on any atom is -0.305 e. The van der Waals surface area contributed by atoms with Crippen LogP contribution in [0.3, 0.4) is 0 Å². The Morgan fingerprint density at radius 1 is 1.13 bits per heavy atom. The van der Waals surface area contributed by atoms with Crippen LogP contribution in [0.4, 0.5) is 0 Å². The van der Waals surface area contributed by atoms with Gasteiger partial charge in [0.15, 0.2) is 0 Å². The zero-order valence-corrected chi connectivity index (χ0v) is 15.1. The fourth-order valence-electron chi connectivity index (χ4n) is 2.75. The minimum atomic E-state index is 0.480. The fraction of sp³-hybridized carbons (Fsp3) is 0.409. The topological polar surface area (TPSA) is 23.9 Å². The van der Waals surface area contributed by atoms with E-state index in [9.17, 15) is 0 Å². The molecule has 1 rings (SSSR count). The van der Waals surface area contributed by atoms with Gasteiger partial charge in [-0.1, -0.05) is 65.8 Å². The molecule has 1 aliphatic rings. The summed E-state index contributed by atoms with van der Waals surface area (Å²) in [6, 6.07) is 0. The molecule has 0 radical (unpaired) electrons. The molecule has 0 aliphatic heterocycles. The Bertz CT molecular complexity index is 565. The van der Waals surface area contributed by atoms with Crippen molar-refractivity contribution in [1.29, 1.82) is 5.41 Å². The SMILES string of the molecule is C\C=C/C=C\C(C)=C(\CC(=N)/C(C)=C/C=C\C)C1C=CCCC1. The van der Waals surface area contributed by atoms with Gasteiger partial charge in [0.25, 0.3) is 0 Å². The van der Waals surface area contributed by atoms with E-state index < -0.39 is 0 Å². The van der Waals surface area contributed by atoms with Gasteiger partial charge in [0.05, 0.1) is 0 Å². The molecule has 0 aromatic heterocycles. The van der Waals surface area contributed by atoms with Crippen molar-refractivity contribution in [3.05, 3.63) is 71.4 Å². The number of allylic oxidation sites excluding steroid dienone is 12. The summed E-state index contributed by atoms with van der Waals surface area (Å²) in [5.41, 5.74) is 4.45. The van der Waals surface area contributed by atoms with Crippen molar-refractivity contribution in [2.45, 2.75) is 53.4 Å². The predicted octanol–water partition coefficient (Wildman–Crippen LogP) is 6.72. The van der Waals surface area contributed by atoms with Crippen molar-refractivity contribution in [3.8, 4) is 0 Å². The summed E-state index contributed by atoms with van der Waals surface area (Å²) in [7, 11) is 0. The quantitative estimate of drug-likeness (QED) is 0.306. The molecule has 0 aromatic rings. The van der Waals surface area contributed by atoms with Crippen LogP contribution in [-0.4, -0.2) is 5.71 Å². The van der Waals surface area contributed by atoms with Crippen LogP contribution < -0.4 is 0 Å². The third-order valence-corrected chi connectivity index (χ3v) is 4.24. The molecule has 1 nitrogen and oxygen atoms in total. The predicted molar refractivity (Wildman–Crippen MR) is 104 cm³/mol. The highest BCUT2D eigenvalue weighted by Gasteiger charge is 2.17. The van der Waals surface area contributed by atoms with Gasteiger partial charge in [-0.25, -0.2) is 0 Å². The molecule has 1 unspecified atom stereocenters. The third-order valence-electron chi connectivity index (χ3n) is 4.24. The molecule has 0 heterocycles. The third kappa shape index (κ3) is 6.81. The highest BCUT2D eigenvalue weighted by atomic mass is 14.4. The molecule has 0 fully saturated rings. The molecule has 0 bridgehead atoms. The van der Waals surface area contributed by atoms with E-state index in [-0.39, 0.29) is 0 Å². The van der Waals surface area contributed by atoms with Crippen LogP contribution in [0.15, 0.2) is 71.4 Å².